The van der Waals surface area contributed by atoms with Gasteiger partial charge in [0.15, 0.2) is 0 Å². The zero-order valence-electron chi connectivity index (χ0n) is 14.7. The molecule has 3 N–H and O–H groups in total. The van der Waals surface area contributed by atoms with Crippen LogP contribution in [0, 0.1) is 6.92 Å². The van der Waals surface area contributed by atoms with Crippen molar-refractivity contribution in [1.29, 1.82) is 0 Å². The van der Waals surface area contributed by atoms with E-state index in [1.54, 1.807) is 18.2 Å². The molecule has 1 aromatic carbocycles. The lowest BCUT2D eigenvalue weighted by Gasteiger charge is -2.10. The van der Waals surface area contributed by atoms with Gasteiger partial charge in [-0.3, -0.25) is 9.59 Å². The van der Waals surface area contributed by atoms with Gasteiger partial charge < -0.3 is 16.0 Å². The molecule has 0 saturated carbocycles. The van der Waals surface area contributed by atoms with Gasteiger partial charge in [0.2, 0.25) is 11.9 Å². The minimum absolute atomic E-state index is 0.144. The largest absolute Gasteiger partial charge is 0.351 e. The summed E-state index contributed by atoms with van der Waals surface area (Å²) in [5, 5.41) is 8.63. The molecule has 7 nitrogen and oxygen atoms in total. The van der Waals surface area contributed by atoms with Crippen molar-refractivity contribution >= 4 is 29.1 Å². The van der Waals surface area contributed by atoms with E-state index >= 15 is 0 Å². The van der Waals surface area contributed by atoms with Gasteiger partial charge in [0.25, 0.3) is 5.91 Å². The highest BCUT2D eigenvalue weighted by Gasteiger charge is 2.10. The fourth-order valence-corrected chi connectivity index (χ4v) is 2.22. The summed E-state index contributed by atoms with van der Waals surface area (Å²) in [4.78, 5) is 31.9. The summed E-state index contributed by atoms with van der Waals surface area (Å²) in [6.07, 6.45) is 1.94. The van der Waals surface area contributed by atoms with Gasteiger partial charge in [0.05, 0.1) is 0 Å². The molecule has 1 heterocycles. The number of hydrogen-bond donors (Lipinski definition) is 3. The Morgan fingerprint density at radius 2 is 1.88 bits per heavy atom. The third kappa shape index (κ3) is 5.87. The number of carbonyl (C=O) groups excluding carboxylic acids is 2. The van der Waals surface area contributed by atoms with E-state index in [2.05, 4.69) is 32.8 Å². The van der Waals surface area contributed by atoms with Crippen molar-refractivity contribution in [3.8, 4) is 0 Å². The van der Waals surface area contributed by atoms with Crippen molar-refractivity contribution in [3.05, 3.63) is 41.7 Å². The van der Waals surface area contributed by atoms with Crippen molar-refractivity contribution in [1.82, 2.24) is 15.3 Å². The van der Waals surface area contributed by atoms with Crippen LogP contribution in [0.4, 0.5) is 17.3 Å². The van der Waals surface area contributed by atoms with E-state index in [1.165, 1.54) is 6.92 Å². The fourth-order valence-electron chi connectivity index (χ4n) is 2.22. The third-order valence-corrected chi connectivity index (χ3v) is 3.34. The lowest BCUT2D eigenvalue weighted by atomic mass is 10.2. The van der Waals surface area contributed by atoms with Gasteiger partial charge in [-0.15, -0.1) is 0 Å². The van der Waals surface area contributed by atoms with Crippen molar-refractivity contribution in [2.75, 3.05) is 17.2 Å². The van der Waals surface area contributed by atoms with E-state index in [-0.39, 0.29) is 11.8 Å². The van der Waals surface area contributed by atoms with Crippen LogP contribution in [0.2, 0.25) is 0 Å². The Labute approximate surface area is 147 Å². The summed E-state index contributed by atoms with van der Waals surface area (Å²) in [6.45, 7) is 5.95. The monoisotopic (exact) mass is 341 g/mol. The maximum Gasteiger partial charge on any atom is 0.270 e. The van der Waals surface area contributed by atoms with E-state index < -0.39 is 0 Å². The molecule has 0 fully saturated rings. The molecule has 0 spiro atoms. The van der Waals surface area contributed by atoms with Gasteiger partial charge in [0, 0.05) is 30.5 Å². The first-order valence-electron chi connectivity index (χ1n) is 8.26. The number of aryl methyl sites for hydroxylation is 1. The SMILES string of the molecule is CCCCNC(=O)c1cc(C)nc(Nc2cccc(NC(C)=O)c2)n1. The molecule has 0 saturated heterocycles. The molecule has 0 radical (unpaired) electrons. The first kappa shape index (κ1) is 18.4. The quantitative estimate of drug-likeness (QED) is 0.673. The van der Waals surface area contributed by atoms with Gasteiger partial charge in [0.1, 0.15) is 5.69 Å². The van der Waals surface area contributed by atoms with E-state index in [1.807, 2.05) is 19.1 Å². The molecule has 25 heavy (non-hydrogen) atoms. The summed E-state index contributed by atoms with van der Waals surface area (Å²) in [7, 11) is 0. The number of hydrogen-bond acceptors (Lipinski definition) is 5. The van der Waals surface area contributed by atoms with Crippen molar-refractivity contribution in [3.63, 3.8) is 0 Å². The molecule has 2 rings (SSSR count). The van der Waals surface area contributed by atoms with Crippen LogP contribution in [0.5, 0.6) is 0 Å². The minimum Gasteiger partial charge on any atom is -0.351 e. The van der Waals surface area contributed by atoms with E-state index in [0.29, 0.717) is 35.3 Å². The molecule has 2 aromatic rings. The van der Waals surface area contributed by atoms with E-state index in [0.717, 1.165) is 12.8 Å². The lowest BCUT2D eigenvalue weighted by molar-refractivity contribution is -0.114. The molecule has 0 atom stereocenters. The average molecular weight is 341 g/mol. The van der Waals surface area contributed by atoms with Crippen molar-refractivity contribution in [2.24, 2.45) is 0 Å². The summed E-state index contributed by atoms with van der Waals surface area (Å²) in [5.74, 6) is -0.0235. The predicted octanol–water partition coefficient (Wildman–Crippen LogP) is 3.02. The predicted molar refractivity (Wildman–Crippen MR) is 98.0 cm³/mol. The summed E-state index contributed by atoms with van der Waals surface area (Å²) in [5.41, 5.74) is 2.40. The van der Waals surface area contributed by atoms with E-state index in [4.69, 9.17) is 0 Å². The molecule has 132 valence electrons. The molecule has 0 aliphatic carbocycles. The number of aromatic nitrogens is 2. The zero-order valence-corrected chi connectivity index (χ0v) is 14.7. The maximum absolute atomic E-state index is 12.2. The van der Waals surface area contributed by atoms with Crippen LogP contribution in [0.25, 0.3) is 0 Å². The number of nitrogens with zero attached hydrogens (tertiary/aromatic N) is 2. The second kappa shape index (κ2) is 8.77. The molecular weight excluding hydrogens is 318 g/mol. The molecule has 7 heteroatoms. The topological polar surface area (TPSA) is 96.0 Å². The number of carbonyl (C=O) groups is 2. The standard InChI is InChI=1S/C18H23N5O2/c1-4-5-9-19-17(25)16-10-12(2)20-18(23-16)22-15-8-6-7-14(11-15)21-13(3)24/h6-8,10-11H,4-5,9H2,1-3H3,(H,19,25)(H,21,24)(H,20,22,23). The Bertz CT molecular complexity index is 761. The van der Waals surface area contributed by atoms with Gasteiger partial charge in [-0.05, 0) is 37.6 Å². The van der Waals surface area contributed by atoms with Gasteiger partial charge in [-0.25, -0.2) is 9.97 Å². The maximum atomic E-state index is 12.2. The van der Waals surface area contributed by atoms with Crippen LogP contribution in [0.1, 0.15) is 42.9 Å². The number of benzene rings is 1. The fraction of sp³-hybridized carbons (Fsp3) is 0.333. The number of nitrogens with one attached hydrogen (secondary N) is 3. The van der Waals surface area contributed by atoms with Crippen LogP contribution < -0.4 is 16.0 Å². The number of unbranched alkanes of at least 4 members (excludes halogenated alkanes) is 1. The second-order valence-corrected chi connectivity index (χ2v) is 5.71. The van der Waals surface area contributed by atoms with Crippen LogP contribution in [-0.2, 0) is 4.79 Å². The first-order chi connectivity index (χ1) is 12.0. The van der Waals surface area contributed by atoms with Crippen molar-refractivity contribution in [2.45, 2.75) is 33.6 Å². The Morgan fingerprint density at radius 3 is 2.60 bits per heavy atom. The first-order valence-corrected chi connectivity index (χ1v) is 8.26. The minimum atomic E-state index is -0.214. The summed E-state index contributed by atoms with van der Waals surface area (Å²) >= 11 is 0. The summed E-state index contributed by atoms with van der Waals surface area (Å²) < 4.78 is 0. The second-order valence-electron chi connectivity index (χ2n) is 5.71. The van der Waals surface area contributed by atoms with Crippen LogP contribution >= 0.6 is 0 Å². The molecule has 0 unspecified atom stereocenters. The Balaban J connectivity index is 2.14. The third-order valence-electron chi connectivity index (χ3n) is 3.34. The molecular formula is C18H23N5O2. The average Bonchev–Trinajstić information content (AvgIpc) is 2.54. The Kier molecular flexibility index (Phi) is 6.45. The van der Waals surface area contributed by atoms with Crippen LogP contribution in [-0.4, -0.2) is 28.3 Å². The normalized spacial score (nSPS) is 10.2. The van der Waals surface area contributed by atoms with Crippen molar-refractivity contribution < 1.29 is 9.59 Å². The highest BCUT2D eigenvalue weighted by atomic mass is 16.2. The Hall–Kier alpha value is -2.96. The van der Waals surface area contributed by atoms with Crippen LogP contribution in [0.15, 0.2) is 30.3 Å². The highest BCUT2D eigenvalue weighted by Crippen LogP contribution is 2.18. The summed E-state index contributed by atoms with van der Waals surface area (Å²) in [6, 6.07) is 8.85. The Morgan fingerprint density at radius 1 is 1.12 bits per heavy atom. The van der Waals surface area contributed by atoms with E-state index in [9.17, 15) is 9.59 Å². The molecule has 0 aliphatic rings. The zero-order chi connectivity index (χ0) is 18.2. The molecule has 1 aromatic heterocycles. The lowest BCUT2D eigenvalue weighted by Crippen LogP contribution is -2.25. The highest BCUT2D eigenvalue weighted by molar-refractivity contribution is 5.92. The number of rotatable bonds is 7. The smallest absolute Gasteiger partial charge is 0.270 e. The number of anilines is 3. The number of amides is 2. The van der Waals surface area contributed by atoms with Gasteiger partial charge in [-0.2, -0.15) is 0 Å². The van der Waals surface area contributed by atoms with Gasteiger partial charge in [-0.1, -0.05) is 19.4 Å². The molecule has 0 aliphatic heterocycles. The van der Waals surface area contributed by atoms with Gasteiger partial charge >= 0.3 is 0 Å². The van der Waals surface area contributed by atoms with Crippen LogP contribution in [0.3, 0.4) is 0 Å². The molecule has 0 bridgehead atoms. The molecule has 2 amide bonds.